The van der Waals surface area contributed by atoms with Gasteiger partial charge in [0.1, 0.15) is 18.1 Å². The highest BCUT2D eigenvalue weighted by molar-refractivity contribution is 7.80. The topological polar surface area (TPSA) is 201 Å². The van der Waals surface area contributed by atoms with Crippen molar-refractivity contribution in [3.05, 3.63) is 0 Å². The van der Waals surface area contributed by atoms with Crippen LogP contribution in [-0.2, 0) is 19.2 Å². The SMILES string of the molecule is CC(C)CC(NC(=O)C(CCCN=C(N)N)NC(=O)C1CCCN1)C(=O)NC(CS)C(=O)O. The minimum Gasteiger partial charge on any atom is -0.480 e. The Hall–Kier alpha value is -2.54. The lowest BCUT2D eigenvalue weighted by molar-refractivity contribution is -0.141. The number of carboxylic acids is 1. The Morgan fingerprint density at radius 1 is 1.09 bits per heavy atom. The van der Waals surface area contributed by atoms with E-state index in [-0.39, 0.29) is 49.0 Å². The molecule has 0 aromatic rings. The fourth-order valence-corrected chi connectivity index (χ4v) is 3.63. The van der Waals surface area contributed by atoms with Gasteiger partial charge in [-0.3, -0.25) is 19.4 Å². The number of guanidine groups is 1. The number of carboxylic acid groups (broad SMARTS) is 1. The summed E-state index contributed by atoms with van der Waals surface area (Å²) in [6.07, 6.45) is 2.51. The molecule has 0 radical (unpaired) electrons. The van der Waals surface area contributed by atoms with Crippen molar-refractivity contribution < 1.29 is 24.3 Å². The van der Waals surface area contributed by atoms with Crippen LogP contribution in [-0.4, -0.2) is 77.8 Å². The number of nitrogens with one attached hydrogen (secondary N) is 4. The van der Waals surface area contributed by atoms with Crippen molar-refractivity contribution in [1.29, 1.82) is 0 Å². The number of aliphatic imine (C=N–C) groups is 1. The van der Waals surface area contributed by atoms with Crippen LogP contribution in [0.15, 0.2) is 4.99 Å². The van der Waals surface area contributed by atoms with Gasteiger partial charge < -0.3 is 37.8 Å². The van der Waals surface area contributed by atoms with Crippen LogP contribution in [0.4, 0.5) is 0 Å². The second-order valence-electron chi connectivity index (χ2n) is 8.43. The number of nitrogens with two attached hydrogens (primary N) is 2. The molecule has 0 spiro atoms. The Morgan fingerprint density at radius 3 is 2.24 bits per heavy atom. The summed E-state index contributed by atoms with van der Waals surface area (Å²) in [4.78, 5) is 53.5. The largest absolute Gasteiger partial charge is 0.480 e. The van der Waals surface area contributed by atoms with Crippen LogP contribution < -0.4 is 32.7 Å². The van der Waals surface area contributed by atoms with Crippen LogP contribution in [0.5, 0.6) is 0 Å². The fraction of sp³-hybridized carbons (Fsp3) is 0.750. The number of hydrogen-bond acceptors (Lipinski definition) is 7. The number of amides is 3. The minimum absolute atomic E-state index is 0.0397. The van der Waals surface area contributed by atoms with Crippen molar-refractivity contribution in [3.8, 4) is 0 Å². The van der Waals surface area contributed by atoms with Crippen molar-refractivity contribution in [3.63, 3.8) is 0 Å². The Kier molecular flexibility index (Phi) is 12.6. The molecule has 1 heterocycles. The number of rotatable bonds is 14. The highest BCUT2D eigenvalue weighted by Crippen LogP contribution is 2.09. The Labute approximate surface area is 199 Å². The molecular formula is C20H37N7O5S. The predicted octanol–water partition coefficient (Wildman–Crippen LogP) is -1.69. The zero-order valence-corrected chi connectivity index (χ0v) is 20.1. The maximum atomic E-state index is 13.1. The summed E-state index contributed by atoms with van der Waals surface area (Å²) in [5, 5.41) is 20.1. The van der Waals surface area contributed by atoms with Gasteiger partial charge in [0.2, 0.25) is 17.7 Å². The normalized spacial score (nSPS) is 18.1. The lowest BCUT2D eigenvalue weighted by Crippen LogP contribution is -2.57. The molecule has 4 unspecified atom stereocenters. The van der Waals surface area contributed by atoms with Gasteiger partial charge >= 0.3 is 5.97 Å². The van der Waals surface area contributed by atoms with Crippen molar-refractivity contribution in [2.45, 2.75) is 70.1 Å². The summed E-state index contributed by atoms with van der Waals surface area (Å²) < 4.78 is 0. The molecule has 1 rings (SSSR count). The highest BCUT2D eigenvalue weighted by Gasteiger charge is 2.31. The first kappa shape index (κ1) is 28.5. The predicted molar refractivity (Wildman–Crippen MR) is 128 cm³/mol. The zero-order chi connectivity index (χ0) is 25.0. The van der Waals surface area contributed by atoms with E-state index in [0.717, 1.165) is 13.0 Å². The molecule has 0 aliphatic carbocycles. The smallest absolute Gasteiger partial charge is 0.327 e. The first-order valence-electron chi connectivity index (χ1n) is 11.1. The van der Waals surface area contributed by atoms with Crippen molar-refractivity contribution in [1.82, 2.24) is 21.3 Å². The Bertz CT molecular complexity index is 709. The molecule has 1 aliphatic rings. The number of carbonyl (C=O) groups is 4. The van der Waals surface area contributed by atoms with Gasteiger partial charge in [-0.1, -0.05) is 13.8 Å². The van der Waals surface area contributed by atoms with E-state index in [9.17, 15) is 24.3 Å². The molecule has 12 nitrogen and oxygen atoms in total. The molecule has 0 aromatic carbocycles. The third-order valence-electron chi connectivity index (χ3n) is 5.09. The van der Waals surface area contributed by atoms with Gasteiger partial charge in [0, 0.05) is 12.3 Å². The maximum Gasteiger partial charge on any atom is 0.327 e. The van der Waals surface area contributed by atoms with E-state index in [2.05, 4.69) is 38.9 Å². The van der Waals surface area contributed by atoms with Crippen molar-refractivity contribution >= 4 is 42.3 Å². The number of carbonyl (C=O) groups excluding carboxylic acids is 3. The van der Waals surface area contributed by atoms with Crippen LogP contribution in [0.2, 0.25) is 0 Å². The highest BCUT2D eigenvalue weighted by atomic mass is 32.1. The molecule has 1 saturated heterocycles. The Balaban J connectivity index is 2.91. The van der Waals surface area contributed by atoms with E-state index < -0.39 is 35.9 Å². The van der Waals surface area contributed by atoms with Gasteiger partial charge in [0.15, 0.2) is 5.96 Å². The Morgan fingerprint density at radius 2 is 1.73 bits per heavy atom. The van der Waals surface area contributed by atoms with Gasteiger partial charge in [-0.25, -0.2) is 4.79 Å². The summed E-state index contributed by atoms with van der Waals surface area (Å²) in [5.41, 5.74) is 10.7. The van der Waals surface area contributed by atoms with Crippen molar-refractivity contribution in [2.24, 2.45) is 22.4 Å². The van der Waals surface area contributed by atoms with E-state index in [0.29, 0.717) is 12.8 Å². The summed E-state index contributed by atoms with van der Waals surface area (Å²) in [6.45, 7) is 4.76. The zero-order valence-electron chi connectivity index (χ0n) is 19.2. The molecule has 1 aliphatic heterocycles. The molecule has 13 heteroatoms. The number of thiol groups is 1. The van der Waals surface area contributed by atoms with E-state index >= 15 is 0 Å². The average molecular weight is 488 g/mol. The van der Waals surface area contributed by atoms with Crippen LogP contribution in [0, 0.1) is 5.92 Å². The van der Waals surface area contributed by atoms with Gasteiger partial charge in [-0.15, -0.1) is 0 Å². The maximum absolute atomic E-state index is 13.1. The lowest BCUT2D eigenvalue weighted by atomic mass is 10.0. The minimum atomic E-state index is -1.22. The van der Waals surface area contributed by atoms with Gasteiger partial charge in [0.25, 0.3) is 0 Å². The summed E-state index contributed by atoms with van der Waals surface area (Å²) in [5.74, 6) is -2.80. The van der Waals surface area contributed by atoms with E-state index in [1.807, 2.05) is 13.8 Å². The number of nitrogens with zero attached hydrogens (tertiary/aromatic N) is 1. The van der Waals surface area contributed by atoms with Gasteiger partial charge in [-0.2, -0.15) is 12.6 Å². The van der Waals surface area contributed by atoms with E-state index in [1.54, 1.807) is 0 Å². The molecule has 0 saturated carbocycles. The van der Waals surface area contributed by atoms with Gasteiger partial charge in [0.05, 0.1) is 6.04 Å². The van der Waals surface area contributed by atoms with E-state index in [1.165, 1.54) is 0 Å². The molecule has 188 valence electrons. The first-order chi connectivity index (χ1) is 15.5. The molecule has 0 aromatic heterocycles. The third-order valence-corrected chi connectivity index (χ3v) is 5.46. The molecule has 4 atom stereocenters. The van der Waals surface area contributed by atoms with Crippen LogP contribution in [0.1, 0.15) is 46.0 Å². The quantitative estimate of drug-likeness (QED) is 0.0613. The molecule has 3 amide bonds. The average Bonchev–Trinajstić information content (AvgIpc) is 3.27. The molecule has 1 fully saturated rings. The van der Waals surface area contributed by atoms with Crippen LogP contribution in [0.3, 0.4) is 0 Å². The standard InChI is InChI=1S/C20H37N7O5S/c1-11(2)9-14(18(30)27-15(10-33)19(31)32)26-17(29)13(6-4-8-24-20(21)22)25-16(28)12-5-3-7-23-12/h11-15,23,33H,3-10H2,1-2H3,(H,25,28)(H,26,29)(H,27,30)(H,31,32)(H4,21,22,24). The third kappa shape index (κ3) is 10.7. The number of aliphatic carboxylic acids is 1. The molecular weight excluding hydrogens is 450 g/mol. The summed E-state index contributed by atoms with van der Waals surface area (Å²) in [6, 6.07) is -3.44. The van der Waals surface area contributed by atoms with Crippen molar-refractivity contribution in [2.75, 3.05) is 18.8 Å². The van der Waals surface area contributed by atoms with E-state index in [4.69, 9.17) is 11.5 Å². The van der Waals surface area contributed by atoms with Crippen LogP contribution in [0.25, 0.3) is 0 Å². The number of hydrogen-bond donors (Lipinski definition) is 8. The molecule has 33 heavy (non-hydrogen) atoms. The monoisotopic (exact) mass is 487 g/mol. The second-order valence-corrected chi connectivity index (χ2v) is 8.80. The molecule has 9 N–H and O–H groups in total. The summed E-state index contributed by atoms with van der Waals surface area (Å²) >= 11 is 3.95. The molecule has 0 bridgehead atoms. The first-order valence-corrected chi connectivity index (χ1v) is 11.7. The van der Waals surface area contributed by atoms with Crippen LogP contribution >= 0.6 is 12.6 Å². The lowest BCUT2D eigenvalue weighted by Gasteiger charge is -2.26. The fourth-order valence-electron chi connectivity index (χ4n) is 3.39. The van der Waals surface area contributed by atoms with Gasteiger partial charge in [-0.05, 0) is 44.6 Å². The summed E-state index contributed by atoms with van der Waals surface area (Å²) in [7, 11) is 0. The second kappa shape index (κ2) is 14.6.